The Morgan fingerprint density at radius 1 is 1.33 bits per heavy atom. The van der Waals surface area contributed by atoms with Crippen molar-refractivity contribution in [1.82, 2.24) is 4.90 Å². The molecule has 0 unspecified atom stereocenters. The molecule has 0 saturated heterocycles. The standard InChI is InChI=1S/C13H18N4O/c1-17(2)10-11-18-13-7-5-12(6-8-13)4-3-9-15-16-14/h3-8H,9-11H2,1-2H3. The number of nitrogens with zero attached hydrogens (tertiary/aromatic N) is 4. The summed E-state index contributed by atoms with van der Waals surface area (Å²) in [6, 6.07) is 7.81. The van der Waals surface area contributed by atoms with Crippen molar-refractivity contribution in [2.24, 2.45) is 5.11 Å². The van der Waals surface area contributed by atoms with Crippen molar-refractivity contribution in [3.05, 3.63) is 46.3 Å². The van der Waals surface area contributed by atoms with Crippen molar-refractivity contribution < 1.29 is 4.74 Å². The fourth-order valence-electron chi connectivity index (χ4n) is 1.29. The summed E-state index contributed by atoms with van der Waals surface area (Å²) in [5.74, 6) is 0.865. The second kappa shape index (κ2) is 8.17. The molecule has 0 radical (unpaired) electrons. The van der Waals surface area contributed by atoms with E-state index in [4.69, 9.17) is 10.3 Å². The van der Waals surface area contributed by atoms with E-state index >= 15 is 0 Å². The van der Waals surface area contributed by atoms with E-state index in [0.29, 0.717) is 13.2 Å². The number of likely N-dealkylation sites (N-methyl/N-ethyl adjacent to an activating group) is 1. The summed E-state index contributed by atoms with van der Waals surface area (Å²) in [6.07, 6.45) is 3.74. The molecule has 1 aromatic rings. The molecular formula is C13H18N4O. The molecule has 0 aliphatic rings. The summed E-state index contributed by atoms with van der Waals surface area (Å²) < 4.78 is 5.58. The van der Waals surface area contributed by atoms with Gasteiger partial charge in [0, 0.05) is 18.0 Å². The number of hydrogen-bond donors (Lipinski definition) is 0. The van der Waals surface area contributed by atoms with Crippen molar-refractivity contribution in [3.8, 4) is 5.75 Å². The second-order valence-electron chi connectivity index (χ2n) is 4.04. The maximum atomic E-state index is 8.13. The largest absolute Gasteiger partial charge is 0.492 e. The Bertz CT molecular complexity index is 419. The molecule has 0 N–H and O–H groups in total. The lowest BCUT2D eigenvalue weighted by Crippen LogP contribution is -2.19. The molecule has 0 aromatic heterocycles. The predicted molar refractivity (Wildman–Crippen MR) is 73.5 cm³/mol. The highest BCUT2D eigenvalue weighted by Crippen LogP contribution is 2.13. The zero-order chi connectivity index (χ0) is 13.2. The molecule has 1 aromatic carbocycles. The van der Waals surface area contributed by atoms with Crippen molar-refractivity contribution in [3.63, 3.8) is 0 Å². The van der Waals surface area contributed by atoms with Crippen LogP contribution in [0.5, 0.6) is 5.75 Å². The Hall–Kier alpha value is -1.97. The minimum atomic E-state index is 0.373. The third-order valence-corrected chi connectivity index (χ3v) is 2.25. The van der Waals surface area contributed by atoms with Crippen molar-refractivity contribution in [1.29, 1.82) is 0 Å². The van der Waals surface area contributed by atoms with Crippen LogP contribution in [0.25, 0.3) is 16.5 Å². The molecular weight excluding hydrogens is 228 g/mol. The Labute approximate surface area is 107 Å². The molecule has 0 aliphatic carbocycles. The van der Waals surface area contributed by atoms with Gasteiger partial charge in [0.05, 0.1) is 0 Å². The van der Waals surface area contributed by atoms with E-state index in [-0.39, 0.29) is 0 Å². The summed E-state index contributed by atoms with van der Waals surface area (Å²) in [4.78, 5) is 4.75. The summed E-state index contributed by atoms with van der Waals surface area (Å²) in [5, 5.41) is 3.43. The first-order valence-electron chi connectivity index (χ1n) is 5.77. The molecule has 5 nitrogen and oxygen atoms in total. The van der Waals surface area contributed by atoms with E-state index in [1.165, 1.54) is 0 Å². The quantitative estimate of drug-likeness (QED) is 0.422. The molecule has 0 saturated carbocycles. The van der Waals surface area contributed by atoms with Crippen LogP contribution in [0.2, 0.25) is 0 Å². The Balaban J connectivity index is 2.42. The van der Waals surface area contributed by atoms with E-state index in [2.05, 4.69) is 14.9 Å². The highest BCUT2D eigenvalue weighted by molar-refractivity contribution is 5.50. The SMILES string of the molecule is CN(C)CCOc1ccc(C=CCN=[N+]=[N-])cc1. The fraction of sp³-hybridized carbons (Fsp3) is 0.385. The summed E-state index contributed by atoms with van der Waals surface area (Å²) in [6.45, 7) is 1.95. The van der Waals surface area contributed by atoms with Gasteiger partial charge in [0.1, 0.15) is 12.4 Å². The van der Waals surface area contributed by atoms with Crippen LogP contribution in [0.4, 0.5) is 0 Å². The van der Waals surface area contributed by atoms with Gasteiger partial charge in [0.2, 0.25) is 0 Å². The molecule has 5 heteroatoms. The first kappa shape index (κ1) is 14.1. The van der Waals surface area contributed by atoms with Gasteiger partial charge in [0.25, 0.3) is 0 Å². The number of benzene rings is 1. The first-order valence-corrected chi connectivity index (χ1v) is 5.77. The molecule has 0 fully saturated rings. The topological polar surface area (TPSA) is 61.2 Å². The Morgan fingerprint density at radius 3 is 2.67 bits per heavy atom. The van der Waals surface area contributed by atoms with E-state index < -0.39 is 0 Å². The van der Waals surface area contributed by atoms with Gasteiger partial charge in [-0.15, -0.1) is 0 Å². The zero-order valence-electron chi connectivity index (χ0n) is 10.8. The highest BCUT2D eigenvalue weighted by atomic mass is 16.5. The van der Waals surface area contributed by atoms with E-state index in [9.17, 15) is 0 Å². The number of azide groups is 1. The third kappa shape index (κ3) is 5.94. The zero-order valence-corrected chi connectivity index (χ0v) is 10.8. The van der Waals surface area contributed by atoms with Crippen molar-refractivity contribution in [2.45, 2.75) is 0 Å². The fourth-order valence-corrected chi connectivity index (χ4v) is 1.29. The lowest BCUT2D eigenvalue weighted by Gasteiger charge is -2.10. The monoisotopic (exact) mass is 246 g/mol. The normalized spacial score (nSPS) is 10.6. The van der Waals surface area contributed by atoms with Crippen molar-refractivity contribution >= 4 is 6.08 Å². The molecule has 96 valence electrons. The maximum absolute atomic E-state index is 8.13. The molecule has 0 spiro atoms. The number of ether oxygens (including phenoxy) is 1. The molecule has 0 bridgehead atoms. The van der Waals surface area contributed by atoms with Gasteiger partial charge < -0.3 is 9.64 Å². The van der Waals surface area contributed by atoms with Gasteiger partial charge in [-0.25, -0.2) is 0 Å². The van der Waals surface area contributed by atoms with Gasteiger partial charge >= 0.3 is 0 Å². The molecule has 0 amide bonds. The van der Waals surface area contributed by atoms with Gasteiger partial charge in [-0.2, -0.15) is 0 Å². The lowest BCUT2D eigenvalue weighted by atomic mass is 10.2. The van der Waals surface area contributed by atoms with Crippen LogP contribution in [0.3, 0.4) is 0 Å². The molecule has 18 heavy (non-hydrogen) atoms. The molecule has 0 aliphatic heterocycles. The summed E-state index contributed by atoms with van der Waals surface area (Å²) in [5.41, 5.74) is 9.18. The van der Waals surface area contributed by atoms with Gasteiger partial charge in [-0.3, -0.25) is 0 Å². The van der Waals surface area contributed by atoms with Crippen LogP contribution in [0.1, 0.15) is 5.56 Å². The van der Waals surface area contributed by atoms with Crippen LogP contribution < -0.4 is 4.74 Å². The van der Waals surface area contributed by atoms with Crippen LogP contribution in [-0.4, -0.2) is 38.7 Å². The van der Waals surface area contributed by atoms with E-state index in [1.54, 1.807) is 0 Å². The van der Waals surface area contributed by atoms with E-state index in [1.807, 2.05) is 50.5 Å². The van der Waals surface area contributed by atoms with Crippen LogP contribution in [-0.2, 0) is 0 Å². The molecule has 0 atom stereocenters. The van der Waals surface area contributed by atoms with Gasteiger partial charge in [-0.05, 0) is 37.3 Å². The Morgan fingerprint density at radius 2 is 2.06 bits per heavy atom. The first-order chi connectivity index (χ1) is 8.72. The van der Waals surface area contributed by atoms with Crippen LogP contribution in [0.15, 0.2) is 35.5 Å². The lowest BCUT2D eigenvalue weighted by molar-refractivity contribution is 0.261. The smallest absolute Gasteiger partial charge is 0.119 e. The number of rotatable bonds is 7. The Kier molecular flexibility index (Phi) is 6.40. The average molecular weight is 246 g/mol. The van der Waals surface area contributed by atoms with Crippen LogP contribution >= 0.6 is 0 Å². The second-order valence-corrected chi connectivity index (χ2v) is 4.04. The van der Waals surface area contributed by atoms with Gasteiger partial charge in [0.15, 0.2) is 0 Å². The summed E-state index contributed by atoms with van der Waals surface area (Å²) in [7, 11) is 4.03. The average Bonchev–Trinajstić information content (AvgIpc) is 2.36. The molecule has 1 rings (SSSR count). The van der Waals surface area contributed by atoms with Crippen molar-refractivity contribution in [2.75, 3.05) is 33.8 Å². The van der Waals surface area contributed by atoms with Crippen LogP contribution in [0, 0.1) is 0 Å². The third-order valence-electron chi connectivity index (χ3n) is 2.25. The highest BCUT2D eigenvalue weighted by Gasteiger charge is 1.94. The van der Waals surface area contributed by atoms with Gasteiger partial charge in [-0.1, -0.05) is 29.4 Å². The minimum Gasteiger partial charge on any atom is -0.492 e. The minimum absolute atomic E-state index is 0.373. The predicted octanol–water partition coefficient (Wildman–Crippen LogP) is 2.95. The van der Waals surface area contributed by atoms with E-state index in [0.717, 1.165) is 17.9 Å². The molecule has 0 heterocycles. The maximum Gasteiger partial charge on any atom is 0.119 e. The number of hydrogen-bond acceptors (Lipinski definition) is 3. The summed E-state index contributed by atoms with van der Waals surface area (Å²) >= 11 is 0.